The lowest BCUT2D eigenvalue weighted by Gasteiger charge is -2.27. The van der Waals surface area contributed by atoms with Crippen molar-refractivity contribution in [3.8, 4) is 0 Å². The SMILES string of the molecule is CCCCCCCCCCCC/C=C/C(OC(=O)CCCCCCCCCCCCCCCCCCC)C(COP(=O)(O)OCC[N+](C)(C)C)NC(=O)CCCCCCCCCCCCCCCCCCCCC. The summed E-state index contributed by atoms with van der Waals surface area (Å²) in [5.74, 6) is -0.481. The first kappa shape index (κ1) is 72.8. The summed E-state index contributed by atoms with van der Waals surface area (Å²) in [5, 5.41) is 3.07. The van der Waals surface area contributed by atoms with Crippen LogP contribution in [-0.4, -0.2) is 74.3 Å². The summed E-state index contributed by atoms with van der Waals surface area (Å²) in [4.78, 5) is 37.7. The Labute approximate surface area is 461 Å². The van der Waals surface area contributed by atoms with Gasteiger partial charge in [-0.2, -0.15) is 0 Å². The smallest absolute Gasteiger partial charge is 0.456 e. The Bertz CT molecular complexity index is 1270. The van der Waals surface area contributed by atoms with Gasteiger partial charge in [0, 0.05) is 12.8 Å². The third-order valence-electron chi connectivity index (χ3n) is 15.0. The number of unbranched alkanes of at least 4 members (excludes halogenated alkanes) is 44. The number of phosphoric ester groups is 1. The summed E-state index contributed by atoms with van der Waals surface area (Å²) in [5.41, 5.74) is 0. The van der Waals surface area contributed by atoms with E-state index in [0.717, 1.165) is 57.8 Å². The molecule has 0 spiro atoms. The molecule has 0 bridgehead atoms. The van der Waals surface area contributed by atoms with Crippen LogP contribution in [0.2, 0.25) is 0 Å². The molecule has 0 radical (unpaired) electrons. The number of hydrogen-bond donors (Lipinski definition) is 2. The summed E-state index contributed by atoms with van der Waals surface area (Å²) < 4.78 is 30.7. The van der Waals surface area contributed by atoms with Crippen molar-refractivity contribution in [3.05, 3.63) is 12.2 Å². The fourth-order valence-corrected chi connectivity index (χ4v) is 10.7. The van der Waals surface area contributed by atoms with E-state index in [-0.39, 0.29) is 25.1 Å². The molecule has 9 nitrogen and oxygen atoms in total. The van der Waals surface area contributed by atoms with Crippen molar-refractivity contribution in [2.24, 2.45) is 0 Å². The molecule has 0 heterocycles. The van der Waals surface area contributed by atoms with Gasteiger partial charge in [-0.05, 0) is 31.8 Å². The van der Waals surface area contributed by atoms with E-state index in [4.69, 9.17) is 13.8 Å². The van der Waals surface area contributed by atoms with E-state index >= 15 is 0 Å². The van der Waals surface area contributed by atoms with Gasteiger partial charge in [0.25, 0.3) is 0 Å². The van der Waals surface area contributed by atoms with Crippen LogP contribution >= 0.6 is 7.82 Å². The third-order valence-corrected chi connectivity index (χ3v) is 16.0. The lowest BCUT2D eigenvalue weighted by atomic mass is 10.0. The highest BCUT2D eigenvalue weighted by Gasteiger charge is 2.30. The quantitative estimate of drug-likeness (QED) is 0.0205. The van der Waals surface area contributed by atoms with E-state index in [1.54, 1.807) is 0 Å². The second-order valence-electron chi connectivity index (χ2n) is 23.7. The number of likely N-dealkylation sites (N-methyl/N-ethyl adjacent to an activating group) is 1. The lowest BCUT2D eigenvalue weighted by Crippen LogP contribution is -2.47. The van der Waals surface area contributed by atoms with Crippen LogP contribution in [0, 0.1) is 0 Å². The van der Waals surface area contributed by atoms with E-state index in [9.17, 15) is 19.0 Å². The summed E-state index contributed by atoms with van der Waals surface area (Å²) in [7, 11) is 1.52. The number of allylic oxidation sites excluding steroid dienone is 1. The molecule has 0 rings (SSSR count). The number of nitrogens with zero attached hydrogens (tertiary/aromatic N) is 1. The van der Waals surface area contributed by atoms with E-state index in [0.29, 0.717) is 23.9 Å². The Morgan fingerprint density at radius 2 is 0.770 bits per heavy atom. The molecule has 0 aliphatic carbocycles. The van der Waals surface area contributed by atoms with Crippen LogP contribution in [0.3, 0.4) is 0 Å². The largest absolute Gasteiger partial charge is 0.472 e. The molecule has 0 saturated heterocycles. The number of phosphoric acid groups is 1. The van der Waals surface area contributed by atoms with Gasteiger partial charge in [0.1, 0.15) is 19.3 Å². The van der Waals surface area contributed by atoms with Crippen molar-refractivity contribution in [1.29, 1.82) is 0 Å². The summed E-state index contributed by atoms with van der Waals surface area (Å²) >= 11 is 0. The normalized spacial score (nSPS) is 13.7. The predicted molar refractivity (Wildman–Crippen MR) is 319 cm³/mol. The molecule has 440 valence electrons. The molecule has 0 fully saturated rings. The molecule has 0 aromatic heterocycles. The molecule has 3 unspecified atom stereocenters. The molecule has 0 saturated carbocycles. The summed E-state index contributed by atoms with van der Waals surface area (Å²) in [6.07, 6.45) is 63.5. The highest BCUT2D eigenvalue weighted by molar-refractivity contribution is 7.47. The van der Waals surface area contributed by atoms with Crippen molar-refractivity contribution in [3.63, 3.8) is 0 Å². The van der Waals surface area contributed by atoms with Gasteiger partial charge in [0.2, 0.25) is 5.91 Å². The van der Waals surface area contributed by atoms with Gasteiger partial charge in [-0.15, -0.1) is 0 Å². The Morgan fingerprint density at radius 1 is 0.459 bits per heavy atom. The van der Waals surface area contributed by atoms with Gasteiger partial charge in [-0.1, -0.05) is 303 Å². The van der Waals surface area contributed by atoms with Crippen LogP contribution in [0.4, 0.5) is 0 Å². The number of carbonyl (C=O) groups is 2. The Hall–Kier alpha value is -1.25. The van der Waals surface area contributed by atoms with Crippen LogP contribution in [0.5, 0.6) is 0 Å². The van der Waals surface area contributed by atoms with Gasteiger partial charge < -0.3 is 19.4 Å². The van der Waals surface area contributed by atoms with Gasteiger partial charge in [-0.25, -0.2) is 4.57 Å². The zero-order valence-corrected chi connectivity index (χ0v) is 51.3. The molecule has 0 aromatic carbocycles. The Balaban J connectivity index is 5.16. The monoisotopic (exact) mass is 1070 g/mol. The highest BCUT2D eigenvalue weighted by Crippen LogP contribution is 2.43. The fourth-order valence-electron chi connectivity index (χ4n) is 9.94. The number of ether oxygens (including phenoxy) is 1. The van der Waals surface area contributed by atoms with Crippen molar-refractivity contribution in [2.75, 3.05) is 40.9 Å². The fraction of sp³-hybridized carbons (Fsp3) is 0.938. The first-order valence-electron chi connectivity index (χ1n) is 32.5. The zero-order valence-electron chi connectivity index (χ0n) is 50.4. The minimum atomic E-state index is -4.44. The van der Waals surface area contributed by atoms with E-state index in [2.05, 4.69) is 26.1 Å². The molecule has 74 heavy (non-hydrogen) atoms. The van der Waals surface area contributed by atoms with Crippen LogP contribution in [0.15, 0.2) is 12.2 Å². The second-order valence-corrected chi connectivity index (χ2v) is 25.1. The maximum Gasteiger partial charge on any atom is 0.472 e. The van der Waals surface area contributed by atoms with Gasteiger partial charge in [-0.3, -0.25) is 18.6 Å². The lowest BCUT2D eigenvalue weighted by molar-refractivity contribution is -0.870. The summed E-state index contributed by atoms with van der Waals surface area (Å²) in [6, 6.07) is -0.839. The van der Waals surface area contributed by atoms with Gasteiger partial charge in [0.15, 0.2) is 0 Å². The second kappa shape index (κ2) is 55.1. The van der Waals surface area contributed by atoms with Crippen LogP contribution in [0.25, 0.3) is 0 Å². The maximum atomic E-state index is 13.6. The van der Waals surface area contributed by atoms with Crippen molar-refractivity contribution >= 4 is 19.7 Å². The van der Waals surface area contributed by atoms with Crippen LogP contribution in [-0.2, 0) is 27.9 Å². The number of carbonyl (C=O) groups excluding carboxylic acids is 2. The zero-order chi connectivity index (χ0) is 54.3. The average molecular weight is 1070 g/mol. The standard InChI is InChI=1S/C64H127N2O7P/c1-7-10-13-16-19-22-25-28-30-32-33-35-36-38-41-44-47-50-53-56-63(67)65-61(60-72-74(69,70)71-59-58-66(4,5)6)62(55-52-49-46-43-40-27-24-21-18-15-12-9-3)73-64(68)57-54-51-48-45-42-39-37-34-31-29-26-23-20-17-14-11-8-2/h52,55,61-62H,7-51,53-54,56-60H2,1-6H3,(H-,65,67,69,70)/p+1/b55-52+. The first-order chi connectivity index (χ1) is 35.9. The molecular weight excluding hydrogens is 940 g/mol. The van der Waals surface area contributed by atoms with Gasteiger partial charge >= 0.3 is 13.8 Å². The Kier molecular flexibility index (Phi) is 54.1. The van der Waals surface area contributed by atoms with Crippen LogP contribution < -0.4 is 5.32 Å². The van der Waals surface area contributed by atoms with Crippen molar-refractivity contribution in [2.45, 2.75) is 348 Å². The summed E-state index contributed by atoms with van der Waals surface area (Å²) in [6.45, 7) is 7.08. The van der Waals surface area contributed by atoms with Crippen molar-refractivity contribution in [1.82, 2.24) is 5.32 Å². The number of amides is 1. The molecule has 0 aliphatic heterocycles. The third kappa shape index (κ3) is 55.5. The number of nitrogens with one attached hydrogen (secondary N) is 1. The minimum absolute atomic E-state index is 0.0459. The van der Waals surface area contributed by atoms with E-state index in [1.807, 2.05) is 33.3 Å². The number of hydrogen-bond acceptors (Lipinski definition) is 6. The molecule has 3 atom stereocenters. The average Bonchev–Trinajstić information content (AvgIpc) is 3.36. The molecule has 10 heteroatoms. The topological polar surface area (TPSA) is 111 Å². The number of rotatable bonds is 60. The molecule has 0 aromatic rings. The molecule has 1 amide bonds. The highest BCUT2D eigenvalue weighted by atomic mass is 31.2. The van der Waals surface area contributed by atoms with E-state index in [1.165, 1.54) is 244 Å². The van der Waals surface area contributed by atoms with Crippen LogP contribution in [0.1, 0.15) is 335 Å². The van der Waals surface area contributed by atoms with Gasteiger partial charge in [0.05, 0.1) is 33.8 Å². The maximum absolute atomic E-state index is 13.6. The van der Waals surface area contributed by atoms with E-state index < -0.39 is 20.0 Å². The minimum Gasteiger partial charge on any atom is -0.456 e. The first-order valence-corrected chi connectivity index (χ1v) is 34.0. The van der Waals surface area contributed by atoms with Crippen molar-refractivity contribution < 1.29 is 37.3 Å². The molecular formula is C64H128N2O7P+. The predicted octanol–water partition coefficient (Wildman–Crippen LogP) is 20.0. The molecule has 0 aliphatic rings. The Morgan fingerprint density at radius 3 is 1.11 bits per heavy atom. The molecule has 2 N–H and O–H groups in total. The number of esters is 1. The number of quaternary nitrogens is 1.